The van der Waals surface area contributed by atoms with Gasteiger partial charge in [-0.15, -0.1) is 0 Å². The molecule has 0 aromatic rings. The molecular formula is C13H27N3S. The number of hydrogen-bond acceptors (Lipinski definition) is 4. The van der Waals surface area contributed by atoms with Crippen LogP contribution in [0.5, 0.6) is 0 Å². The maximum Gasteiger partial charge on any atom is 0.0474 e. The van der Waals surface area contributed by atoms with E-state index in [1.165, 1.54) is 44.1 Å². The molecule has 0 saturated carbocycles. The van der Waals surface area contributed by atoms with E-state index in [4.69, 9.17) is 5.73 Å². The number of thioether (sulfide) groups is 1. The molecule has 2 rings (SSSR count). The van der Waals surface area contributed by atoms with Crippen molar-refractivity contribution in [3.8, 4) is 0 Å². The third-order valence-corrected chi connectivity index (χ3v) is 6.09. The Hall–Kier alpha value is 0.230. The van der Waals surface area contributed by atoms with Crippen LogP contribution in [0.2, 0.25) is 0 Å². The lowest BCUT2D eigenvalue weighted by Gasteiger charge is -2.57. The number of piperazine rings is 1. The highest BCUT2D eigenvalue weighted by Gasteiger charge is 2.50. The zero-order chi connectivity index (χ0) is 12.5. The first-order chi connectivity index (χ1) is 8.02. The molecule has 0 spiro atoms. The molecule has 0 bridgehead atoms. The number of nitrogens with zero attached hydrogens (tertiary/aromatic N) is 2. The SMILES string of the molecule is CN1CCN(C2(CN)CSCCC2(C)C)CC1. The van der Waals surface area contributed by atoms with E-state index < -0.39 is 0 Å². The molecule has 2 aliphatic rings. The van der Waals surface area contributed by atoms with Gasteiger partial charge in [0.2, 0.25) is 0 Å². The maximum absolute atomic E-state index is 6.21. The number of nitrogens with two attached hydrogens (primary N) is 1. The third-order valence-electron chi connectivity index (χ3n) is 4.92. The van der Waals surface area contributed by atoms with Gasteiger partial charge in [0.05, 0.1) is 0 Å². The average Bonchev–Trinajstić information content (AvgIpc) is 2.30. The second kappa shape index (κ2) is 5.08. The van der Waals surface area contributed by atoms with Crippen LogP contribution in [0.4, 0.5) is 0 Å². The maximum atomic E-state index is 6.21. The van der Waals surface area contributed by atoms with E-state index >= 15 is 0 Å². The zero-order valence-electron chi connectivity index (χ0n) is 11.5. The van der Waals surface area contributed by atoms with E-state index in [2.05, 4.69) is 42.5 Å². The van der Waals surface area contributed by atoms with Gasteiger partial charge in [-0.2, -0.15) is 11.8 Å². The van der Waals surface area contributed by atoms with Gasteiger partial charge in [0.1, 0.15) is 0 Å². The van der Waals surface area contributed by atoms with Crippen LogP contribution in [0.3, 0.4) is 0 Å². The number of rotatable bonds is 2. The Morgan fingerprint density at radius 1 is 1.18 bits per heavy atom. The van der Waals surface area contributed by atoms with Gasteiger partial charge in [0, 0.05) is 44.0 Å². The summed E-state index contributed by atoms with van der Waals surface area (Å²) in [6.45, 7) is 10.4. The molecule has 2 fully saturated rings. The van der Waals surface area contributed by atoms with Crippen molar-refractivity contribution in [2.75, 3.05) is 51.3 Å². The summed E-state index contributed by atoms with van der Waals surface area (Å²) in [4.78, 5) is 5.10. The Labute approximate surface area is 110 Å². The van der Waals surface area contributed by atoms with Crippen LogP contribution in [0.1, 0.15) is 20.3 Å². The van der Waals surface area contributed by atoms with Gasteiger partial charge in [0.15, 0.2) is 0 Å². The first kappa shape index (κ1) is 13.7. The molecule has 1 unspecified atom stereocenters. The predicted octanol–water partition coefficient (Wildman–Crippen LogP) is 1.09. The van der Waals surface area contributed by atoms with Crippen molar-refractivity contribution in [3.63, 3.8) is 0 Å². The molecule has 2 heterocycles. The van der Waals surface area contributed by atoms with E-state index in [-0.39, 0.29) is 5.54 Å². The molecule has 0 aliphatic carbocycles. The summed E-state index contributed by atoms with van der Waals surface area (Å²) in [5.41, 5.74) is 6.78. The van der Waals surface area contributed by atoms with Gasteiger partial charge in [0.25, 0.3) is 0 Å². The smallest absolute Gasteiger partial charge is 0.0474 e. The summed E-state index contributed by atoms with van der Waals surface area (Å²) < 4.78 is 0. The van der Waals surface area contributed by atoms with E-state index in [9.17, 15) is 0 Å². The minimum Gasteiger partial charge on any atom is -0.329 e. The van der Waals surface area contributed by atoms with Crippen molar-refractivity contribution in [2.45, 2.75) is 25.8 Å². The number of hydrogen-bond donors (Lipinski definition) is 1. The molecule has 0 aromatic carbocycles. The Balaban J connectivity index is 2.17. The normalized spacial score (nSPS) is 36.0. The summed E-state index contributed by atoms with van der Waals surface area (Å²) in [6.07, 6.45) is 1.29. The van der Waals surface area contributed by atoms with Crippen molar-refractivity contribution < 1.29 is 0 Å². The van der Waals surface area contributed by atoms with Gasteiger partial charge in [-0.25, -0.2) is 0 Å². The van der Waals surface area contributed by atoms with Crippen LogP contribution in [0, 0.1) is 5.41 Å². The van der Waals surface area contributed by atoms with E-state index in [0.717, 1.165) is 6.54 Å². The second-order valence-corrected chi connectivity index (χ2v) is 7.32. The van der Waals surface area contributed by atoms with E-state index in [0.29, 0.717) is 5.41 Å². The lowest BCUT2D eigenvalue weighted by Crippen LogP contribution is -2.68. The predicted molar refractivity (Wildman–Crippen MR) is 76.6 cm³/mol. The van der Waals surface area contributed by atoms with Gasteiger partial charge in [-0.05, 0) is 24.6 Å². The largest absolute Gasteiger partial charge is 0.329 e. The van der Waals surface area contributed by atoms with Gasteiger partial charge in [-0.3, -0.25) is 4.90 Å². The van der Waals surface area contributed by atoms with Gasteiger partial charge >= 0.3 is 0 Å². The summed E-state index contributed by atoms with van der Waals surface area (Å²) in [5, 5.41) is 0. The third kappa shape index (κ3) is 2.37. The topological polar surface area (TPSA) is 32.5 Å². The highest BCUT2D eigenvalue weighted by atomic mass is 32.2. The molecule has 3 nitrogen and oxygen atoms in total. The fraction of sp³-hybridized carbons (Fsp3) is 1.00. The quantitative estimate of drug-likeness (QED) is 0.803. The molecule has 17 heavy (non-hydrogen) atoms. The van der Waals surface area contributed by atoms with Crippen molar-refractivity contribution in [2.24, 2.45) is 11.1 Å². The molecule has 2 N–H and O–H groups in total. The van der Waals surface area contributed by atoms with Crippen LogP contribution in [0.15, 0.2) is 0 Å². The van der Waals surface area contributed by atoms with E-state index in [1.54, 1.807) is 0 Å². The molecule has 0 aromatic heterocycles. The number of likely N-dealkylation sites (N-methyl/N-ethyl adjacent to an activating group) is 1. The highest BCUT2D eigenvalue weighted by molar-refractivity contribution is 7.99. The molecular weight excluding hydrogens is 230 g/mol. The molecule has 2 aliphatic heterocycles. The summed E-state index contributed by atoms with van der Waals surface area (Å²) >= 11 is 2.09. The lowest BCUT2D eigenvalue weighted by molar-refractivity contribution is -0.0237. The highest BCUT2D eigenvalue weighted by Crippen LogP contribution is 2.45. The molecule has 0 amide bonds. The Morgan fingerprint density at radius 2 is 1.82 bits per heavy atom. The van der Waals surface area contributed by atoms with Crippen molar-refractivity contribution in [1.29, 1.82) is 0 Å². The Bertz CT molecular complexity index is 261. The van der Waals surface area contributed by atoms with Crippen molar-refractivity contribution in [3.05, 3.63) is 0 Å². The van der Waals surface area contributed by atoms with Crippen LogP contribution >= 0.6 is 11.8 Å². The Kier molecular flexibility index (Phi) is 4.08. The minimum absolute atomic E-state index is 0.219. The summed E-state index contributed by atoms with van der Waals surface area (Å²) in [7, 11) is 2.22. The molecule has 100 valence electrons. The first-order valence-electron chi connectivity index (χ1n) is 6.73. The first-order valence-corrected chi connectivity index (χ1v) is 7.89. The minimum atomic E-state index is 0.219. The van der Waals surface area contributed by atoms with Crippen LogP contribution in [-0.2, 0) is 0 Å². The molecule has 0 radical (unpaired) electrons. The fourth-order valence-corrected chi connectivity index (χ4v) is 5.04. The van der Waals surface area contributed by atoms with Crippen LogP contribution in [0.25, 0.3) is 0 Å². The zero-order valence-corrected chi connectivity index (χ0v) is 12.4. The average molecular weight is 257 g/mol. The fourth-order valence-electron chi connectivity index (χ4n) is 3.21. The van der Waals surface area contributed by atoms with E-state index in [1.807, 2.05) is 0 Å². The van der Waals surface area contributed by atoms with Crippen LogP contribution < -0.4 is 5.73 Å². The second-order valence-electron chi connectivity index (χ2n) is 6.21. The molecule has 4 heteroatoms. The summed E-state index contributed by atoms with van der Waals surface area (Å²) in [5.74, 6) is 2.50. The van der Waals surface area contributed by atoms with Gasteiger partial charge in [-0.1, -0.05) is 13.8 Å². The standard InChI is InChI=1S/C13H27N3S/c1-12(2)4-9-17-11-13(12,10-14)16-7-5-15(3)6-8-16/h4-11,14H2,1-3H3. The monoisotopic (exact) mass is 257 g/mol. The summed E-state index contributed by atoms with van der Waals surface area (Å²) in [6, 6.07) is 0. The van der Waals surface area contributed by atoms with Crippen molar-refractivity contribution >= 4 is 11.8 Å². The van der Waals surface area contributed by atoms with Crippen molar-refractivity contribution in [1.82, 2.24) is 9.80 Å². The van der Waals surface area contributed by atoms with Gasteiger partial charge < -0.3 is 10.6 Å². The molecule has 1 atom stereocenters. The van der Waals surface area contributed by atoms with Crippen LogP contribution in [-0.4, -0.2) is 66.6 Å². The molecule has 2 saturated heterocycles. The Morgan fingerprint density at radius 3 is 2.35 bits per heavy atom. The lowest BCUT2D eigenvalue weighted by atomic mass is 9.69.